The number of carbonyl (C=O) groups is 1. The molecule has 2 aromatic rings. The van der Waals surface area contributed by atoms with Crippen molar-refractivity contribution in [2.45, 2.75) is 11.8 Å². The van der Waals surface area contributed by atoms with Crippen LogP contribution in [0, 0.1) is 6.92 Å². The first kappa shape index (κ1) is 14.8. The third-order valence-corrected chi connectivity index (χ3v) is 3.39. The van der Waals surface area contributed by atoms with Crippen molar-refractivity contribution < 1.29 is 9.53 Å². The fourth-order valence-electron chi connectivity index (χ4n) is 1.82. The van der Waals surface area contributed by atoms with Crippen molar-refractivity contribution in [2.24, 2.45) is 0 Å². The molecule has 0 aliphatic heterocycles. The number of hydrogen-bond acceptors (Lipinski definition) is 3. The molecule has 0 unspecified atom stereocenters. The van der Waals surface area contributed by atoms with E-state index in [1.54, 1.807) is 31.4 Å². The van der Waals surface area contributed by atoms with Gasteiger partial charge in [-0.3, -0.25) is 4.79 Å². The Kier molecular flexibility index (Phi) is 4.57. The van der Waals surface area contributed by atoms with E-state index >= 15 is 0 Å². The molecular weight excluding hydrogens is 294 g/mol. The molecule has 2 aromatic carbocycles. The van der Waals surface area contributed by atoms with Gasteiger partial charge in [0.25, 0.3) is 5.91 Å². The van der Waals surface area contributed by atoms with E-state index < -0.39 is 0 Å². The van der Waals surface area contributed by atoms with Gasteiger partial charge in [-0.2, -0.15) is 0 Å². The number of hydrogen-bond donors (Lipinski definition) is 2. The van der Waals surface area contributed by atoms with Crippen LogP contribution >= 0.6 is 24.2 Å². The fourth-order valence-corrected chi connectivity index (χ4v) is 2.20. The molecule has 0 spiro atoms. The monoisotopic (exact) mass is 307 g/mol. The van der Waals surface area contributed by atoms with Gasteiger partial charge < -0.3 is 10.1 Å². The largest absolute Gasteiger partial charge is 0.495 e. The van der Waals surface area contributed by atoms with E-state index in [4.69, 9.17) is 16.3 Å². The molecule has 0 saturated heterocycles. The first-order valence-electron chi connectivity index (χ1n) is 5.96. The van der Waals surface area contributed by atoms with Crippen LogP contribution in [0.5, 0.6) is 5.75 Å². The number of anilines is 1. The van der Waals surface area contributed by atoms with Crippen LogP contribution in [0.25, 0.3) is 0 Å². The van der Waals surface area contributed by atoms with Gasteiger partial charge in [0.1, 0.15) is 5.75 Å². The van der Waals surface area contributed by atoms with Gasteiger partial charge in [-0.15, -0.1) is 12.6 Å². The Balaban J connectivity index is 2.32. The summed E-state index contributed by atoms with van der Waals surface area (Å²) in [6.07, 6.45) is 0. The van der Waals surface area contributed by atoms with Crippen LogP contribution in [0.3, 0.4) is 0 Å². The van der Waals surface area contributed by atoms with Crippen molar-refractivity contribution in [3.8, 4) is 5.75 Å². The average Bonchev–Trinajstić information content (AvgIpc) is 2.41. The molecule has 2 rings (SSSR count). The summed E-state index contributed by atoms with van der Waals surface area (Å²) in [6, 6.07) is 10.5. The predicted octanol–water partition coefficient (Wildman–Crippen LogP) is 4.20. The van der Waals surface area contributed by atoms with Crippen LogP contribution in [0.1, 0.15) is 15.9 Å². The number of halogens is 1. The van der Waals surface area contributed by atoms with Crippen LogP contribution in [0.4, 0.5) is 5.69 Å². The number of aryl methyl sites for hydroxylation is 1. The predicted molar refractivity (Wildman–Crippen MR) is 84.4 cm³/mol. The van der Waals surface area contributed by atoms with E-state index in [2.05, 4.69) is 17.9 Å². The fraction of sp³-hybridized carbons (Fsp3) is 0.133. The maximum Gasteiger partial charge on any atom is 0.256 e. The minimum atomic E-state index is -0.223. The number of nitrogens with one attached hydrogen (secondary N) is 1. The molecule has 0 radical (unpaired) electrons. The molecule has 5 heteroatoms. The van der Waals surface area contributed by atoms with Gasteiger partial charge in [-0.25, -0.2) is 0 Å². The van der Waals surface area contributed by atoms with Crippen LogP contribution in [0.15, 0.2) is 41.3 Å². The first-order valence-corrected chi connectivity index (χ1v) is 6.78. The van der Waals surface area contributed by atoms with Crippen molar-refractivity contribution in [3.63, 3.8) is 0 Å². The van der Waals surface area contributed by atoms with E-state index in [0.717, 1.165) is 10.5 Å². The summed E-state index contributed by atoms with van der Waals surface area (Å²) in [4.78, 5) is 13.1. The molecule has 0 aliphatic rings. The zero-order valence-corrected chi connectivity index (χ0v) is 12.8. The number of methoxy groups -OCH3 is 1. The van der Waals surface area contributed by atoms with E-state index in [0.29, 0.717) is 22.0 Å². The zero-order chi connectivity index (χ0) is 14.7. The summed E-state index contributed by atoms with van der Waals surface area (Å²) in [5.41, 5.74) is 1.98. The van der Waals surface area contributed by atoms with E-state index in [1.165, 1.54) is 0 Å². The lowest BCUT2D eigenvalue weighted by Gasteiger charge is -2.12. The number of ether oxygens (including phenoxy) is 1. The lowest BCUT2D eigenvalue weighted by molar-refractivity contribution is 0.102. The first-order chi connectivity index (χ1) is 9.51. The number of carbonyl (C=O) groups excluding carboxylic acids is 1. The minimum Gasteiger partial charge on any atom is -0.495 e. The molecule has 0 fully saturated rings. The highest BCUT2D eigenvalue weighted by Crippen LogP contribution is 2.28. The van der Waals surface area contributed by atoms with Crippen LogP contribution in [0.2, 0.25) is 5.02 Å². The molecular formula is C15H14ClNO2S. The van der Waals surface area contributed by atoms with Crippen molar-refractivity contribution in [1.29, 1.82) is 0 Å². The SMILES string of the molecule is COc1ccc(Cl)cc1NC(=O)c1cc(S)ccc1C. The van der Waals surface area contributed by atoms with E-state index in [-0.39, 0.29) is 5.91 Å². The Morgan fingerprint density at radius 3 is 2.70 bits per heavy atom. The van der Waals surface area contributed by atoms with E-state index in [1.807, 2.05) is 19.1 Å². The second-order valence-electron chi connectivity index (χ2n) is 4.30. The summed E-state index contributed by atoms with van der Waals surface area (Å²) in [7, 11) is 1.54. The van der Waals surface area contributed by atoms with Gasteiger partial charge in [0, 0.05) is 15.5 Å². The Morgan fingerprint density at radius 2 is 2.00 bits per heavy atom. The molecule has 104 valence electrons. The summed E-state index contributed by atoms with van der Waals surface area (Å²) >= 11 is 10.2. The van der Waals surface area contributed by atoms with Gasteiger partial charge >= 0.3 is 0 Å². The molecule has 1 N–H and O–H groups in total. The minimum absolute atomic E-state index is 0.223. The summed E-state index contributed by atoms with van der Waals surface area (Å²) in [5.74, 6) is 0.335. The average molecular weight is 308 g/mol. The van der Waals surface area contributed by atoms with Crippen LogP contribution in [-0.2, 0) is 0 Å². The number of rotatable bonds is 3. The summed E-state index contributed by atoms with van der Waals surface area (Å²) in [6.45, 7) is 1.87. The van der Waals surface area contributed by atoms with Gasteiger partial charge in [0.05, 0.1) is 12.8 Å². The van der Waals surface area contributed by atoms with E-state index in [9.17, 15) is 4.79 Å². The molecule has 0 bridgehead atoms. The molecule has 20 heavy (non-hydrogen) atoms. The second-order valence-corrected chi connectivity index (χ2v) is 5.25. The van der Waals surface area contributed by atoms with Crippen molar-refractivity contribution in [2.75, 3.05) is 12.4 Å². The molecule has 0 atom stereocenters. The highest BCUT2D eigenvalue weighted by atomic mass is 35.5. The number of amides is 1. The summed E-state index contributed by atoms with van der Waals surface area (Å²) < 4.78 is 5.20. The zero-order valence-electron chi connectivity index (χ0n) is 11.1. The van der Waals surface area contributed by atoms with Crippen molar-refractivity contribution in [3.05, 3.63) is 52.5 Å². The van der Waals surface area contributed by atoms with Gasteiger partial charge in [0.2, 0.25) is 0 Å². The highest BCUT2D eigenvalue weighted by Gasteiger charge is 2.12. The third-order valence-electron chi connectivity index (χ3n) is 2.88. The lowest BCUT2D eigenvalue weighted by atomic mass is 10.1. The molecule has 0 aliphatic carbocycles. The third kappa shape index (κ3) is 3.26. The normalized spacial score (nSPS) is 10.2. The smallest absolute Gasteiger partial charge is 0.256 e. The van der Waals surface area contributed by atoms with Crippen molar-refractivity contribution >= 4 is 35.8 Å². The molecule has 0 heterocycles. The summed E-state index contributed by atoms with van der Waals surface area (Å²) in [5, 5.41) is 3.33. The second kappa shape index (κ2) is 6.20. The Morgan fingerprint density at radius 1 is 1.25 bits per heavy atom. The molecule has 1 amide bonds. The lowest BCUT2D eigenvalue weighted by Crippen LogP contribution is -2.14. The van der Waals surface area contributed by atoms with Gasteiger partial charge in [0.15, 0.2) is 0 Å². The van der Waals surface area contributed by atoms with Gasteiger partial charge in [-0.05, 0) is 42.8 Å². The maximum absolute atomic E-state index is 12.3. The van der Waals surface area contributed by atoms with Crippen LogP contribution < -0.4 is 10.1 Å². The van der Waals surface area contributed by atoms with Crippen LogP contribution in [-0.4, -0.2) is 13.0 Å². The highest BCUT2D eigenvalue weighted by molar-refractivity contribution is 7.80. The standard InChI is InChI=1S/C15H14ClNO2S/c1-9-3-5-11(20)8-12(9)15(18)17-13-7-10(16)4-6-14(13)19-2/h3-8,20H,1-2H3,(H,17,18). The Labute approximate surface area is 128 Å². The number of thiol groups is 1. The topological polar surface area (TPSA) is 38.3 Å². The van der Waals surface area contributed by atoms with Gasteiger partial charge in [-0.1, -0.05) is 17.7 Å². The quantitative estimate of drug-likeness (QED) is 0.834. The molecule has 3 nitrogen and oxygen atoms in total. The maximum atomic E-state index is 12.3. The number of benzene rings is 2. The molecule has 0 saturated carbocycles. The van der Waals surface area contributed by atoms with Crippen molar-refractivity contribution in [1.82, 2.24) is 0 Å². The Hall–Kier alpha value is -1.65. The molecule has 0 aromatic heterocycles. The Bertz CT molecular complexity index is 658.